The predicted molar refractivity (Wildman–Crippen MR) is 178 cm³/mol. The van der Waals surface area contributed by atoms with Gasteiger partial charge in [0, 0.05) is 66.5 Å². The molecule has 1 aliphatic rings. The Morgan fingerprint density at radius 3 is 2.52 bits per heavy atom. The first kappa shape index (κ1) is 31.2. The Hall–Kier alpha value is -4.21. The van der Waals surface area contributed by atoms with E-state index in [-0.39, 0.29) is 17.9 Å². The highest BCUT2D eigenvalue weighted by Crippen LogP contribution is 2.31. The molecule has 3 amide bonds. The normalized spacial score (nSPS) is 14.9. The molecular weight excluding hydrogens is 576 g/mol. The first-order valence-corrected chi connectivity index (χ1v) is 15.4. The fraction of sp³-hybridized carbons (Fsp3) is 0.353. The maximum Gasteiger partial charge on any atom is 0.318 e. The van der Waals surface area contributed by atoms with Crippen LogP contribution >= 0.6 is 11.6 Å². The smallest absolute Gasteiger partial charge is 0.318 e. The van der Waals surface area contributed by atoms with Gasteiger partial charge in [-0.05, 0) is 68.5 Å². The highest BCUT2D eigenvalue weighted by atomic mass is 35.5. The zero-order valence-electron chi connectivity index (χ0n) is 25.8. The van der Waals surface area contributed by atoms with Crippen molar-refractivity contribution in [3.05, 3.63) is 89.1 Å². The number of halogens is 1. The summed E-state index contributed by atoms with van der Waals surface area (Å²) in [5.74, 6) is -0.0506. The van der Waals surface area contributed by atoms with E-state index in [9.17, 15) is 9.59 Å². The molecule has 0 spiro atoms. The molecule has 0 aliphatic carbocycles. The summed E-state index contributed by atoms with van der Waals surface area (Å²) in [7, 11) is 4.00. The van der Waals surface area contributed by atoms with Gasteiger partial charge < -0.3 is 35.1 Å². The van der Waals surface area contributed by atoms with E-state index < -0.39 is 6.04 Å². The first-order chi connectivity index (χ1) is 21.2. The van der Waals surface area contributed by atoms with Gasteiger partial charge in [-0.2, -0.15) is 0 Å². The minimum absolute atomic E-state index is 0.269. The second-order valence-electron chi connectivity index (χ2n) is 11.4. The maximum atomic E-state index is 14.1. The van der Waals surface area contributed by atoms with Gasteiger partial charge >= 0.3 is 6.03 Å². The van der Waals surface area contributed by atoms with Crippen molar-refractivity contribution in [3.8, 4) is 5.75 Å². The number of para-hydroxylation sites is 1. The molecule has 0 radical (unpaired) electrons. The molecule has 1 saturated heterocycles. The number of carbonyl (C=O) groups is 2. The molecule has 10 heteroatoms. The zero-order chi connectivity index (χ0) is 31.2. The van der Waals surface area contributed by atoms with Crippen molar-refractivity contribution < 1.29 is 14.3 Å². The molecule has 2 atom stereocenters. The number of hydrogen-bond donors (Lipinski definition) is 3. The molecule has 3 N–H and O–H groups in total. The van der Waals surface area contributed by atoms with Crippen LogP contribution in [-0.4, -0.2) is 79.6 Å². The fourth-order valence-electron chi connectivity index (χ4n) is 5.76. The third kappa shape index (κ3) is 7.29. The number of nitrogens with one attached hydrogen (secondary N) is 3. The number of urea groups is 1. The molecule has 232 valence electrons. The third-order valence-electron chi connectivity index (χ3n) is 8.01. The molecule has 44 heavy (non-hydrogen) atoms. The number of amides is 3. The van der Waals surface area contributed by atoms with E-state index in [1.165, 1.54) is 0 Å². The van der Waals surface area contributed by atoms with E-state index in [0.29, 0.717) is 55.8 Å². The van der Waals surface area contributed by atoms with E-state index in [4.69, 9.17) is 16.3 Å². The van der Waals surface area contributed by atoms with E-state index in [1.54, 1.807) is 4.90 Å². The molecule has 4 aromatic rings. The molecule has 5 rings (SSSR count). The summed E-state index contributed by atoms with van der Waals surface area (Å²) in [6.07, 6.45) is 1.93. The Kier molecular flexibility index (Phi) is 9.97. The summed E-state index contributed by atoms with van der Waals surface area (Å²) >= 11 is 6.20. The van der Waals surface area contributed by atoms with E-state index in [0.717, 1.165) is 27.7 Å². The lowest BCUT2D eigenvalue weighted by Gasteiger charge is -2.37. The summed E-state index contributed by atoms with van der Waals surface area (Å²) < 4.78 is 5.86. The number of hydrogen-bond acceptors (Lipinski definition) is 5. The Morgan fingerprint density at radius 2 is 1.80 bits per heavy atom. The zero-order valence-corrected chi connectivity index (χ0v) is 26.5. The minimum atomic E-state index is -0.848. The molecule has 2 heterocycles. The molecule has 0 bridgehead atoms. The van der Waals surface area contributed by atoms with E-state index >= 15 is 0 Å². The van der Waals surface area contributed by atoms with Crippen LogP contribution < -0.4 is 20.3 Å². The van der Waals surface area contributed by atoms with Gasteiger partial charge in [0.05, 0.1) is 12.3 Å². The van der Waals surface area contributed by atoms with Crippen molar-refractivity contribution in [2.45, 2.75) is 32.4 Å². The molecule has 3 aromatic carbocycles. The topological polar surface area (TPSA) is 92.9 Å². The van der Waals surface area contributed by atoms with Gasteiger partial charge in [0.2, 0.25) is 5.91 Å². The Bertz CT molecular complexity index is 1600. The van der Waals surface area contributed by atoms with Crippen molar-refractivity contribution in [1.82, 2.24) is 20.1 Å². The van der Waals surface area contributed by atoms with Crippen LogP contribution in [-0.2, 0) is 11.3 Å². The Labute approximate surface area is 264 Å². The van der Waals surface area contributed by atoms with Crippen molar-refractivity contribution in [2.75, 3.05) is 57.1 Å². The standard InChI is InChI=1S/C34H41ClN6O3/c1-5-44-31-14-13-24(22-39(3)4)19-30(31)37-33(42)32(23(2)28-21-36-29-12-7-6-11-27(28)29)38-34(43)41-17-15-40(16-18-41)26-10-8-9-25(35)20-26/h6-14,19-21,23,32,36H,5,15-18,22H2,1-4H3,(H,37,42)(H,38,43). The summed E-state index contributed by atoms with van der Waals surface area (Å²) in [6.45, 7) is 7.44. The van der Waals surface area contributed by atoms with Crippen LogP contribution in [0.15, 0.2) is 72.9 Å². The van der Waals surface area contributed by atoms with Crippen LogP contribution in [0.3, 0.4) is 0 Å². The average Bonchev–Trinajstić information content (AvgIpc) is 3.45. The Morgan fingerprint density at radius 1 is 1.02 bits per heavy atom. The van der Waals surface area contributed by atoms with Gasteiger partial charge in [-0.15, -0.1) is 0 Å². The lowest BCUT2D eigenvalue weighted by molar-refractivity contribution is -0.118. The first-order valence-electron chi connectivity index (χ1n) is 15.1. The van der Waals surface area contributed by atoms with Crippen molar-refractivity contribution in [2.24, 2.45) is 0 Å². The molecule has 9 nitrogen and oxygen atoms in total. The molecule has 2 unspecified atom stereocenters. The SMILES string of the molecule is CCOc1ccc(CN(C)C)cc1NC(=O)C(NC(=O)N1CCN(c2cccc(Cl)c2)CC1)C(C)c1c[nH]c2ccccc12. The number of anilines is 2. The number of piperazine rings is 1. The lowest BCUT2D eigenvalue weighted by atomic mass is 9.92. The van der Waals surface area contributed by atoms with Gasteiger partial charge in [-0.25, -0.2) is 4.79 Å². The monoisotopic (exact) mass is 616 g/mol. The van der Waals surface area contributed by atoms with Gasteiger partial charge in [0.1, 0.15) is 11.8 Å². The number of rotatable bonds is 10. The summed E-state index contributed by atoms with van der Waals surface area (Å²) in [6, 6.07) is 20.4. The second-order valence-corrected chi connectivity index (χ2v) is 11.9. The van der Waals surface area contributed by atoms with Crippen molar-refractivity contribution >= 4 is 45.8 Å². The third-order valence-corrected chi connectivity index (χ3v) is 8.25. The number of aromatic nitrogens is 1. The summed E-state index contributed by atoms with van der Waals surface area (Å²) in [5.41, 5.74) is 4.59. The van der Waals surface area contributed by atoms with Crippen LogP contribution in [0.1, 0.15) is 30.9 Å². The number of H-pyrrole nitrogens is 1. The number of ether oxygens (including phenoxy) is 1. The largest absolute Gasteiger partial charge is 0.492 e. The number of fused-ring (bicyclic) bond motifs is 1. The van der Waals surface area contributed by atoms with Crippen LogP contribution in [0, 0.1) is 0 Å². The summed E-state index contributed by atoms with van der Waals surface area (Å²) in [4.78, 5) is 37.2. The fourth-order valence-corrected chi connectivity index (χ4v) is 5.95. The van der Waals surface area contributed by atoms with E-state index in [1.807, 2.05) is 101 Å². The van der Waals surface area contributed by atoms with Crippen LogP contribution in [0.4, 0.5) is 16.2 Å². The van der Waals surface area contributed by atoms with Gasteiger partial charge in [-0.3, -0.25) is 4.79 Å². The number of aromatic amines is 1. The van der Waals surface area contributed by atoms with Crippen LogP contribution in [0.2, 0.25) is 5.02 Å². The minimum Gasteiger partial charge on any atom is -0.492 e. The predicted octanol–water partition coefficient (Wildman–Crippen LogP) is 5.92. The van der Waals surface area contributed by atoms with E-state index in [2.05, 4.69) is 25.4 Å². The maximum absolute atomic E-state index is 14.1. The number of carbonyl (C=O) groups excluding carboxylic acids is 2. The van der Waals surface area contributed by atoms with Gasteiger partial charge in [-0.1, -0.05) is 48.9 Å². The summed E-state index contributed by atoms with van der Waals surface area (Å²) in [5, 5.41) is 7.89. The van der Waals surface area contributed by atoms with Crippen LogP contribution in [0.25, 0.3) is 10.9 Å². The molecule has 1 fully saturated rings. The molecule has 1 aromatic heterocycles. The van der Waals surface area contributed by atoms with Gasteiger partial charge in [0.25, 0.3) is 0 Å². The van der Waals surface area contributed by atoms with Crippen LogP contribution in [0.5, 0.6) is 5.75 Å². The van der Waals surface area contributed by atoms with Crippen molar-refractivity contribution in [1.29, 1.82) is 0 Å². The molecular formula is C34H41ClN6O3. The molecule has 1 aliphatic heterocycles. The highest BCUT2D eigenvalue weighted by molar-refractivity contribution is 6.30. The quantitative estimate of drug-likeness (QED) is 0.206. The van der Waals surface area contributed by atoms with Gasteiger partial charge in [0.15, 0.2) is 0 Å². The average molecular weight is 617 g/mol. The molecule has 0 saturated carbocycles. The second kappa shape index (κ2) is 14.1. The number of benzene rings is 3. The Balaban J connectivity index is 1.38. The van der Waals surface area contributed by atoms with Crippen molar-refractivity contribution in [3.63, 3.8) is 0 Å². The lowest BCUT2D eigenvalue weighted by Crippen LogP contribution is -2.56. The number of nitrogens with zero attached hydrogens (tertiary/aromatic N) is 3. The highest BCUT2D eigenvalue weighted by Gasteiger charge is 2.32.